The molecule has 0 spiro atoms. The Balaban J connectivity index is 1.97. The number of nitrogens with two attached hydrogens (primary N) is 1. The lowest BCUT2D eigenvalue weighted by molar-refractivity contribution is -0.120. The number of nitrogens with one attached hydrogen (secondary N) is 1. The van der Waals surface area contributed by atoms with E-state index < -0.39 is 11.9 Å². The lowest BCUT2D eigenvalue weighted by Crippen LogP contribution is -2.31. The van der Waals surface area contributed by atoms with Crippen LogP contribution in [-0.2, 0) is 4.79 Å². The van der Waals surface area contributed by atoms with Crippen LogP contribution in [0.5, 0.6) is 0 Å². The van der Waals surface area contributed by atoms with Crippen molar-refractivity contribution in [3.63, 3.8) is 0 Å². The van der Waals surface area contributed by atoms with Gasteiger partial charge < -0.3 is 5.73 Å². The van der Waals surface area contributed by atoms with Crippen molar-refractivity contribution >= 4 is 11.6 Å². The summed E-state index contributed by atoms with van der Waals surface area (Å²) in [6.07, 6.45) is 0. The number of rotatable bonds is 6. The molecule has 4 heteroatoms. The zero-order chi connectivity index (χ0) is 17.5. The van der Waals surface area contributed by atoms with Crippen molar-refractivity contribution in [3.05, 3.63) is 108 Å². The van der Waals surface area contributed by atoms with E-state index in [1.54, 1.807) is 0 Å². The molecule has 0 heterocycles. The summed E-state index contributed by atoms with van der Waals surface area (Å²) in [6.45, 7) is 0. The van der Waals surface area contributed by atoms with E-state index in [1.807, 2.05) is 91.0 Å². The molecule has 25 heavy (non-hydrogen) atoms. The average Bonchev–Trinajstić information content (AvgIpc) is 2.67. The number of hydrogen-bond acceptors (Lipinski definition) is 3. The van der Waals surface area contributed by atoms with Gasteiger partial charge in [-0.1, -0.05) is 91.0 Å². The molecule has 0 unspecified atom stereocenters. The molecule has 0 aliphatic rings. The standard InChI is InChI=1S/C21H19N3O/c22-21(25)20(18-14-8-3-9-15-18)24-23-19(16-10-4-1-5-11-16)17-12-6-2-7-13-17/h1-15,20,24H,(H2,22,25)/t20-/m0/s1. The predicted molar refractivity (Wildman–Crippen MR) is 100 cm³/mol. The highest BCUT2D eigenvalue weighted by atomic mass is 16.1. The maximum absolute atomic E-state index is 11.9. The number of carbonyl (C=O) groups excluding carboxylic acids is 1. The molecule has 0 aromatic heterocycles. The van der Waals surface area contributed by atoms with Gasteiger partial charge in [-0.3, -0.25) is 10.2 Å². The lowest BCUT2D eigenvalue weighted by atomic mass is 10.0. The molecule has 3 rings (SSSR count). The smallest absolute Gasteiger partial charge is 0.246 e. The van der Waals surface area contributed by atoms with Crippen molar-refractivity contribution in [1.82, 2.24) is 5.43 Å². The molecule has 0 bridgehead atoms. The van der Waals surface area contributed by atoms with Crippen LogP contribution >= 0.6 is 0 Å². The summed E-state index contributed by atoms with van der Waals surface area (Å²) in [6, 6.07) is 28.3. The van der Waals surface area contributed by atoms with Crippen molar-refractivity contribution in [2.45, 2.75) is 6.04 Å². The monoisotopic (exact) mass is 329 g/mol. The van der Waals surface area contributed by atoms with Gasteiger partial charge in [0.25, 0.3) is 0 Å². The topological polar surface area (TPSA) is 67.5 Å². The van der Waals surface area contributed by atoms with Gasteiger partial charge in [0.05, 0.1) is 5.71 Å². The van der Waals surface area contributed by atoms with Gasteiger partial charge >= 0.3 is 0 Å². The first-order chi connectivity index (χ1) is 12.3. The second-order valence-corrected chi connectivity index (χ2v) is 5.57. The van der Waals surface area contributed by atoms with Gasteiger partial charge in [-0.15, -0.1) is 0 Å². The number of nitrogens with zero attached hydrogens (tertiary/aromatic N) is 1. The Kier molecular flexibility index (Phi) is 5.22. The van der Waals surface area contributed by atoms with E-state index in [0.717, 1.165) is 22.4 Å². The van der Waals surface area contributed by atoms with Crippen LogP contribution in [0.15, 0.2) is 96.1 Å². The highest BCUT2D eigenvalue weighted by molar-refractivity contribution is 6.12. The number of primary amides is 1. The molecule has 4 nitrogen and oxygen atoms in total. The van der Waals surface area contributed by atoms with Gasteiger partial charge in [0.2, 0.25) is 5.91 Å². The number of hydrazone groups is 1. The minimum absolute atomic E-state index is 0.476. The Labute approximate surface area is 147 Å². The van der Waals surface area contributed by atoms with Crippen molar-refractivity contribution < 1.29 is 4.79 Å². The summed E-state index contributed by atoms with van der Waals surface area (Å²) in [5.41, 5.74) is 11.9. The van der Waals surface area contributed by atoms with Crippen LogP contribution in [0.25, 0.3) is 0 Å². The second-order valence-electron chi connectivity index (χ2n) is 5.57. The number of hydrogen-bond donors (Lipinski definition) is 2. The van der Waals surface area contributed by atoms with Gasteiger partial charge in [0.1, 0.15) is 6.04 Å². The van der Waals surface area contributed by atoms with Crippen LogP contribution in [-0.4, -0.2) is 11.6 Å². The Bertz CT molecular complexity index is 805. The largest absolute Gasteiger partial charge is 0.368 e. The average molecular weight is 329 g/mol. The Morgan fingerprint density at radius 1 is 0.760 bits per heavy atom. The molecule has 0 aliphatic heterocycles. The van der Waals surface area contributed by atoms with Crippen molar-refractivity contribution in [2.24, 2.45) is 10.8 Å². The molecule has 3 aromatic rings. The van der Waals surface area contributed by atoms with Crippen LogP contribution in [0.2, 0.25) is 0 Å². The predicted octanol–water partition coefficient (Wildman–Crippen LogP) is 3.26. The highest BCUT2D eigenvalue weighted by Crippen LogP contribution is 2.14. The van der Waals surface area contributed by atoms with Crippen molar-refractivity contribution in [3.8, 4) is 0 Å². The first-order valence-electron chi connectivity index (χ1n) is 8.04. The summed E-state index contributed by atoms with van der Waals surface area (Å²) in [7, 11) is 0. The van der Waals surface area contributed by atoms with Crippen LogP contribution in [0, 0.1) is 0 Å². The fraction of sp³-hybridized carbons (Fsp3) is 0.0476. The molecule has 0 saturated heterocycles. The quantitative estimate of drug-likeness (QED) is 0.538. The van der Waals surface area contributed by atoms with Crippen LogP contribution in [0.1, 0.15) is 22.7 Å². The fourth-order valence-electron chi connectivity index (χ4n) is 2.56. The molecule has 0 fully saturated rings. The third-order valence-corrected chi connectivity index (χ3v) is 3.82. The Hall–Kier alpha value is -3.40. The molecule has 0 aliphatic carbocycles. The maximum Gasteiger partial charge on any atom is 0.246 e. The van der Waals surface area contributed by atoms with Gasteiger partial charge in [-0.25, -0.2) is 0 Å². The van der Waals surface area contributed by atoms with E-state index in [0.29, 0.717) is 0 Å². The Morgan fingerprint density at radius 2 is 1.20 bits per heavy atom. The van der Waals surface area contributed by atoms with Crippen LogP contribution in [0.4, 0.5) is 0 Å². The number of amides is 1. The third-order valence-electron chi connectivity index (χ3n) is 3.82. The first-order valence-corrected chi connectivity index (χ1v) is 8.04. The normalized spacial score (nSPS) is 11.4. The van der Waals surface area contributed by atoms with E-state index >= 15 is 0 Å². The van der Waals surface area contributed by atoms with Gasteiger partial charge in [0.15, 0.2) is 0 Å². The minimum Gasteiger partial charge on any atom is -0.368 e. The molecule has 1 atom stereocenters. The van der Waals surface area contributed by atoms with E-state index in [2.05, 4.69) is 10.5 Å². The van der Waals surface area contributed by atoms with Gasteiger partial charge in [-0.05, 0) is 5.56 Å². The molecule has 1 amide bonds. The summed E-state index contributed by atoms with van der Waals surface area (Å²) in [4.78, 5) is 11.9. The lowest BCUT2D eigenvalue weighted by Gasteiger charge is -2.15. The molecular formula is C21H19N3O. The third kappa shape index (κ3) is 4.12. The van der Waals surface area contributed by atoms with Crippen molar-refractivity contribution in [1.29, 1.82) is 0 Å². The fourth-order valence-corrected chi connectivity index (χ4v) is 2.56. The molecule has 0 radical (unpaired) electrons. The summed E-state index contributed by atoms with van der Waals surface area (Å²) in [5, 5.41) is 4.53. The van der Waals surface area contributed by atoms with Gasteiger partial charge in [0, 0.05) is 11.1 Å². The van der Waals surface area contributed by atoms with E-state index in [-0.39, 0.29) is 0 Å². The molecule has 3 N–H and O–H groups in total. The summed E-state index contributed by atoms with van der Waals surface area (Å²) >= 11 is 0. The maximum atomic E-state index is 11.9. The zero-order valence-electron chi connectivity index (χ0n) is 13.7. The molecule has 3 aromatic carbocycles. The van der Waals surface area contributed by atoms with Gasteiger partial charge in [-0.2, -0.15) is 5.10 Å². The Morgan fingerprint density at radius 3 is 1.64 bits per heavy atom. The van der Waals surface area contributed by atoms with E-state index in [1.165, 1.54) is 0 Å². The van der Waals surface area contributed by atoms with Crippen molar-refractivity contribution in [2.75, 3.05) is 0 Å². The second kappa shape index (κ2) is 7.93. The summed E-state index contributed by atoms with van der Waals surface area (Å²) in [5.74, 6) is -0.476. The van der Waals surface area contributed by atoms with Crippen LogP contribution < -0.4 is 11.2 Å². The SMILES string of the molecule is NC(=O)[C@@H](NN=C(c1ccccc1)c1ccccc1)c1ccccc1. The number of carbonyl (C=O) groups is 1. The van der Waals surface area contributed by atoms with Crippen LogP contribution in [0.3, 0.4) is 0 Å². The minimum atomic E-state index is -0.691. The zero-order valence-corrected chi connectivity index (χ0v) is 13.7. The molecule has 0 saturated carbocycles. The highest BCUT2D eigenvalue weighted by Gasteiger charge is 2.17. The first kappa shape index (κ1) is 16.5. The molecule has 124 valence electrons. The number of benzene rings is 3. The van der Waals surface area contributed by atoms with E-state index in [4.69, 9.17) is 5.73 Å². The van der Waals surface area contributed by atoms with E-state index in [9.17, 15) is 4.79 Å². The molecular weight excluding hydrogens is 310 g/mol. The summed E-state index contributed by atoms with van der Waals surface area (Å²) < 4.78 is 0.